The molecule has 27 heavy (non-hydrogen) atoms. The van der Waals surface area contributed by atoms with Crippen molar-refractivity contribution in [1.29, 1.82) is 0 Å². The van der Waals surface area contributed by atoms with Gasteiger partial charge in [-0.05, 0) is 26.3 Å². The molecule has 1 aromatic carbocycles. The molecule has 0 aliphatic rings. The first-order valence-corrected chi connectivity index (χ1v) is 8.77. The first-order chi connectivity index (χ1) is 12.8. The summed E-state index contributed by atoms with van der Waals surface area (Å²) in [7, 11) is 0. The molecule has 0 radical (unpaired) electrons. The topological polar surface area (TPSA) is 103 Å². The fraction of sp³-hybridized carbons (Fsp3) is 0.579. The Morgan fingerprint density at radius 1 is 1.00 bits per heavy atom. The fourth-order valence-electron chi connectivity index (χ4n) is 1.93. The third kappa shape index (κ3) is 12.0. The van der Waals surface area contributed by atoms with E-state index in [-0.39, 0.29) is 13.2 Å². The highest BCUT2D eigenvalue weighted by atomic mass is 16.6. The Kier molecular flexibility index (Phi) is 10.4. The second-order valence-electron chi connectivity index (χ2n) is 6.76. The lowest BCUT2D eigenvalue weighted by molar-refractivity contribution is -0.141. The van der Waals surface area contributed by atoms with Gasteiger partial charge in [0.25, 0.3) is 0 Å². The molecule has 8 heteroatoms. The van der Waals surface area contributed by atoms with Crippen molar-refractivity contribution in [3.05, 3.63) is 35.9 Å². The molecule has 0 saturated carbocycles. The summed E-state index contributed by atoms with van der Waals surface area (Å²) in [5.41, 5.74) is 0.391. The maximum Gasteiger partial charge on any atom is 0.408 e. The van der Waals surface area contributed by atoms with E-state index in [1.54, 1.807) is 20.8 Å². The largest absolute Gasteiger partial charge is 0.480 e. The number of ether oxygens (including phenoxy) is 4. The third-order valence-corrected chi connectivity index (χ3v) is 3.13. The average molecular weight is 383 g/mol. The van der Waals surface area contributed by atoms with E-state index in [0.29, 0.717) is 26.4 Å². The molecule has 0 bridgehead atoms. The second-order valence-corrected chi connectivity index (χ2v) is 6.76. The number of carboxylic acids is 1. The van der Waals surface area contributed by atoms with E-state index in [2.05, 4.69) is 5.32 Å². The van der Waals surface area contributed by atoms with Gasteiger partial charge in [0.15, 0.2) is 6.04 Å². The molecule has 1 aromatic rings. The number of benzene rings is 1. The van der Waals surface area contributed by atoms with Gasteiger partial charge in [0.2, 0.25) is 0 Å². The number of hydrogen-bond donors (Lipinski definition) is 2. The predicted octanol–water partition coefficient (Wildman–Crippen LogP) is 2.21. The van der Waals surface area contributed by atoms with Crippen LogP contribution in [0.15, 0.2) is 30.3 Å². The van der Waals surface area contributed by atoms with Crippen LogP contribution in [0.25, 0.3) is 0 Å². The van der Waals surface area contributed by atoms with Crippen molar-refractivity contribution < 1.29 is 33.6 Å². The van der Waals surface area contributed by atoms with Crippen molar-refractivity contribution in [2.24, 2.45) is 0 Å². The van der Waals surface area contributed by atoms with Gasteiger partial charge in [-0.2, -0.15) is 0 Å². The zero-order chi connectivity index (χ0) is 20.1. The van der Waals surface area contributed by atoms with Crippen molar-refractivity contribution in [2.75, 3.05) is 33.0 Å². The molecular formula is C19H29NO7. The van der Waals surface area contributed by atoms with E-state index >= 15 is 0 Å². The number of hydrogen-bond acceptors (Lipinski definition) is 6. The molecule has 0 aliphatic carbocycles. The molecule has 1 atom stereocenters. The van der Waals surface area contributed by atoms with Crippen LogP contribution in [-0.4, -0.2) is 61.8 Å². The number of aliphatic carboxylic acids is 1. The third-order valence-electron chi connectivity index (χ3n) is 3.13. The molecule has 1 rings (SSSR count). The molecule has 0 heterocycles. The monoisotopic (exact) mass is 383 g/mol. The van der Waals surface area contributed by atoms with Crippen LogP contribution in [0.5, 0.6) is 0 Å². The maximum atomic E-state index is 11.6. The Bertz CT molecular complexity index is 557. The van der Waals surface area contributed by atoms with E-state index < -0.39 is 23.7 Å². The lowest BCUT2D eigenvalue weighted by atomic mass is 10.2. The minimum absolute atomic E-state index is 0.178. The van der Waals surface area contributed by atoms with E-state index in [0.717, 1.165) is 5.56 Å². The van der Waals surface area contributed by atoms with Crippen molar-refractivity contribution in [3.8, 4) is 0 Å². The van der Waals surface area contributed by atoms with E-state index in [4.69, 9.17) is 24.1 Å². The summed E-state index contributed by atoms with van der Waals surface area (Å²) in [5.74, 6) is -1.20. The van der Waals surface area contributed by atoms with E-state index in [1.807, 2.05) is 30.3 Å². The molecule has 0 saturated heterocycles. The predicted molar refractivity (Wildman–Crippen MR) is 98.5 cm³/mol. The summed E-state index contributed by atoms with van der Waals surface area (Å²) in [6.45, 7) is 6.80. The van der Waals surface area contributed by atoms with Crippen LogP contribution >= 0.6 is 0 Å². The number of amides is 1. The zero-order valence-corrected chi connectivity index (χ0v) is 16.1. The van der Waals surface area contributed by atoms with Gasteiger partial charge in [-0.1, -0.05) is 30.3 Å². The second kappa shape index (κ2) is 12.3. The van der Waals surface area contributed by atoms with Crippen LogP contribution in [0.4, 0.5) is 4.79 Å². The summed E-state index contributed by atoms with van der Waals surface area (Å²) < 4.78 is 21.1. The number of carbonyl (C=O) groups excluding carboxylic acids is 1. The molecule has 0 unspecified atom stereocenters. The summed E-state index contributed by atoms with van der Waals surface area (Å²) >= 11 is 0. The van der Waals surface area contributed by atoms with Crippen LogP contribution in [0, 0.1) is 0 Å². The maximum absolute atomic E-state index is 11.6. The average Bonchev–Trinajstić information content (AvgIpc) is 2.58. The van der Waals surface area contributed by atoms with Gasteiger partial charge in [-0.15, -0.1) is 0 Å². The number of nitrogens with one attached hydrogen (secondary N) is 1. The van der Waals surface area contributed by atoms with Crippen molar-refractivity contribution in [1.82, 2.24) is 5.32 Å². The highest BCUT2D eigenvalue weighted by Gasteiger charge is 2.24. The molecule has 152 valence electrons. The minimum atomic E-state index is -1.20. The molecule has 0 aliphatic heterocycles. The number of alkyl carbamates (subject to hydrolysis) is 1. The molecule has 0 spiro atoms. The number of carboxylic acid groups (broad SMARTS) is 1. The molecular weight excluding hydrogens is 354 g/mol. The SMILES string of the molecule is CC(C)(C)OC(=O)N[C@@H](COCCOCCOCc1ccccc1)C(=O)O. The van der Waals surface area contributed by atoms with Crippen molar-refractivity contribution in [2.45, 2.75) is 39.0 Å². The van der Waals surface area contributed by atoms with Gasteiger partial charge in [0.05, 0.1) is 39.6 Å². The quantitative estimate of drug-likeness (QED) is 0.533. The Morgan fingerprint density at radius 3 is 2.19 bits per heavy atom. The highest BCUT2D eigenvalue weighted by Crippen LogP contribution is 2.07. The van der Waals surface area contributed by atoms with Crippen LogP contribution < -0.4 is 5.32 Å². The first kappa shape index (κ1) is 22.9. The number of carbonyl (C=O) groups is 2. The van der Waals surface area contributed by atoms with Gasteiger partial charge in [-0.25, -0.2) is 9.59 Å². The van der Waals surface area contributed by atoms with Crippen LogP contribution in [0.3, 0.4) is 0 Å². The summed E-state index contributed by atoms with van der Waals surface area (Å²) in [4.78, 5) is 22.8. The van der Waals surface area contributed by atoms with Gasteiger partial charge in [0.1, 0.15) is 5.60 Å². The van der Waals surface area contributed by atoms with Gasteiger partial charge in [0, 0.05) is 0 Å². The van der Waals surface area contributed by atoms with Gasteiger partial charge >= 0.3 is 12.1 Å². The highest BCUT2D eigenvalue weighted by molar-refractivity contribution is 5.80. The smallest absolute Gasteiger partial charge is 0.408 e. The van der Waals surface area contributed by atoms with Crippen molar-refractivity contribution in [3.63, 3.8) is 0 Å². The number of rotatable bonds is 12. The fourth-order valence-corrected chi connectivity index (χ4v) is 1.93. The zero-order valence-electron chi connectivity index (χ0n) is 16.1. The minimum Gasteiger partial charge on any atom is -0.480 e. The Balaban J connectivity index is 2.07. The lowest BCUT2D eigenvalue weighted by Crippen LogP contribution is -2.46. The van der Waals surface area contributed by atoms with Crippen molar-refractivity contribution >= 4 is 12.1 Å². The lowest BCUT2D eigenvalue weighted by Gasteiger charge is -2.22. The van der Waals surface area contributed by atoms with E-state index in [1.165, 1.54) is 0 Å². The molecule has 0 fully saturated rings. The molecule has 0 aromatic heterocycles. The Hall–Kier alpha value is -2.16. The normalized spacial score (nSPS) is 12.4. The Labute approximate surface area is 159 Å². The van der Waals surface area contributed by atoms with Crippen LogP contribution in [-0.2, 0) is 30.3 Å². The molecule has 1 amide bonds. The summed E-state index contributed by atoms with van der Waals surface area (Å²) in [5, 5.41) is 11.4. The van der Waals surface area contributed by atoms with Gasteiger partial charge < -0.3 is 29.4 Å². The first-order valence-electron chi connectivity index (χ1n) is 8.77. The van der Waals surface area contributed by atoms with E-state index in [9.17, 15) is 9.59 Å². The standard InChI is InChI=1S/C19H29NO7/c1-19(2,3)27-18(23)20-16(17(21)22)14-26-12-10-24-9-11-25-13-15-7-5-4-6-8-15/h4-8,16H,9-14H2,1-3H3,(H,20,23)(H,21,22)/t16-/m0/s1. The molecule has 2 N–H and O–H groups in total. The molecule has 8 nitrogen and oxygen atoms in total. The van der Waals surface area contributed by atoms with Crippen LogP contribution in [0.2, 0.25) is 0 Å². The summed E-state index contributed by atoms with van der Waals surface area (Å²) in [6, 6.07) is 8.64. The van der Waals surface area contributed by atoms with Crippen LogP contribution in [0.1, 0.15) is 26.3 Å². The van der Waals surface area contributed by atoms with Gasteiger partial charge in [-0.3, -0.25) is 0 Å². The summed E-state index contributed by atoms with van der Waals surface area (Å²) in [6.07, 6.45) is -0.801. The Morgan fingerprint density at radius 2 is 1.59 bits per heavy atom.